The monoisotopic (exact) mass is 472 g/mol. The summed E-state index contributed by atoms with van der Waals surface area (Å²) in [7, 11) is 0. The highest BCUT2D eigenvalue weighted by Gasteiger charge is 2.25. The molecule has 0 unspecified atom stereocenters. The number of thioether (sulfide) groups is 1. The summed E-state index contributed by atoms with van der Waals surface area (Å²) in [5, 5.41) is 7.57. The Morgan fingerprint density at radius 3 is 2.34 bits per heavy atom. The second-order valence-corrected chi connectivity index (χ2v) is 9.35. The number of hydrogen-bond donors (Lipinski definition) is 2. The van der Waals surface area contributed by atoms with E-state index < -0.39 is 6.09 Å². The Kier molecular flexibility index (Phi) is 7.55. The maximum absolute atomic E-state index is 13.0. The first-order valence-electron chi connectivity index (χ1n) is 10.6. The Hall–Kier alpha value is -2.71. The highest BCUT2D eigenvalue weighted by Crippen LogP contribution is 2.33. The van der Waals surface area contributed by atoms with Gasteiger partial charge in [0.15, 0.2) is 5.16 Å². The quantitative estimate of drug-likeness (QED) is 0.435. The lowest BCUT2D eigenvalue weighted by molar-refractivity contribution is 0.118. The van der Waals surface area contributed by atoms with Crippen molar-refractivity contribution < 1.29 is 9.53 Å². The van der Waals surface area contributed by atoms with Gasteiger partial charge in [-0.1, -0.05) is 41.6 Å². The molecule has 4 rings (SSSR count). The minimum atomic E-state index is -0.390. The van der Waals surface area contributed by atoms with Crippen LogP contribution in [0.2, 0.25) is 5.02 Å². The first-order valence-corrected chi connectivity index (χ1v) is 12.0. The van der Waals surface area contributed by atoms with Crippen molar-refractivity contribution in [2.75, 3.05) is 17.3 Å². The van der Waals surface area contributed by atoms with Gasteiger partial charge in [-0.2, -0.15) is 0 Å². The number of aromatic nitrogens is 3. The number of benzene rings is 2. The minimum absolute atomic E-state index is 0.277. The van der Waals surface area contributed by atoms with Crippen LogP contribution in [0.4, 0.5) is 16.2 Å². The number of amides is 1. The number of nitrogens with zero attached hydrogens (tertiary/aromatic N) is 2. The molecular weight excluding hydrogens is 448 g/mol. The van der Waals surface area contributed by atoms with E-state index in [1.807, 2.05) is 42.5 Å². The molecule has 7 nitrogen and oxygen atoms in total. The van der Waals surface area contributed by atoms with Crippen molar-refractivity contribution in [1.82, 2.24) is 15.2 Å². The molecule has 0 bridgehead atoms. The summed E-state index contributed by atoms with van der Waals surface area (Å²) in [6.07, 6.45) is 3.79. The van der Waals surface area contributed by atoms with Gasteiger partial charge in [0.1, 0.15) is 0 Å². The summed E-state index contributed by atoms with van der Waals surface area (Å²) in [6.45, 7) is 0.405. The Balaban J connectivity index is 1.30. The predicted octanol–water partition coefficient (Wildman–Crippen LogP) is 5.62. The van der Waals surface area contributed by atoms with E-state index in [0.29, 0.717) is 34.3 Å². The molecule has 32 heavy (non-hydrogen) atoms. The number of H-pyrrole nitrogens is 2. The number of hydrogen-bond acceptors (Lipinski definition) is 5. The van der Waals surface area contributed by atoms with Gasteiger partial charge in [0.25, 0.3) is 0 Å². The maximum atomic E-state index is 13.0. The summed E-state index contributed by atoms with van der Waals surface area (Å²) >= 11 is 7.59. The highest BCUT2D eigenvalue weighted by atomic mass is 35.5. The average Bonchev–Trinajstić information content (AvgIpc) is 3.24. The van der Waals surface area contributed by atoms with Crippen molar-refractivity contribution in [3.63, 3.8) is 0 Å². The van der Waals surface area contributed by atoms with Crippen LogP contribution in [0, 0.1) is 11.8 Å². The van der Waals surface area contributed by atoms with Crippen LogP contribution in [0.5, 0.6) is 0 Å². The SMILES string of the molecule is O=C(OC[C@H]1CC[C@H](CSc2n[nH]c(=O)[nH]2)CC1)N(c1ccccc1)c1ccc(Cl)cc1. The zero-order chi connectivity index (χ0) is 22.3. The number of anilines is 2. The van der Waals surface area contributed by atoms with Crippen LogP contribution < -0.4 is 10.6 Å². The molecule has 0 atom stereocenters. The third-order valence-electron chi connectivity index (χ3n) is 5.63. The van der Waals surface area contributed by atoms with Crippen molar-refractivity contribution in [3.05, 3.63) is 70.1 Å². The number of aromatic amines is 2. The summed E-state index contributed by atoms with van der Waals surface area (Å²) in [4.78, 5) is 28.4. The molecule has 1 aromatic heterocycles. The fraction of sp³-hybridized carbons (Fsp3) is 0.348. The van der Waals surface area contributed by atoms with E-state index in [2.05, 4.69) is 15.2 Å². The number of rotatable bonds is 7. The van der Waals surface area contributed by atoms with E-state index in [1.165, 1.54) is 0 Å². The molecule has 9 heteroatoms. The van der Waals surface area contributed by atoms with Gasteiger partial charge in [-0.15, -0.1) is 5.10 Å². The summed E-state index contributed by atoms with van der Waals surface area (Å²) < 4.78 is 5.74. The molecule has 1 amide bonds. The van der Waals surface area contributed by atoms with Crippen LogP contribution in [0.15, 0.2) is 64.5 Å². The average molecular weight is 473 g/mol. The van der Waals surface area contributed by atoms with Gasteiger partial charge < -0.3 is 4.74 Å². The molecule has 2 N–H and O–H groups in total. The van der Waals surface area contributed by atoms with Gasteiger partial charge in [-0.05, 0) is 73.9 Å². The van der Waals surface area contributed by atoms with E-state index in [4.69, 9.17) is 16.3 Å². The Bertz CT molecular complexity index is 1060. The Labute approximate surface area is 195 Å². The fourth-order valence-electron chi connectivity index (χ4n) is 3.87. The molecular formula is C23H25ClN4O3S. The van der Waals surface area contributed by atoms with Crippen molar-refractivity contribution in [1.29, 1.82) is 0 Å². The number of para-hydroxylation sites is 1. The third kappa shape index (κ3) is 5.95. The van der Waals surface area contributed by atoms with E-state index in [9.17, 15) is 9.59 Å². The molecule has 1 aliphatic carbocycles. The van der Waals surface area contributed by atoms with Gasteiger partial charge in [0.2, 0.25) is 0 Å². The van der Waals surface area contributed by atoms with Gasteiger partial charge in [0, 0.05) is 10.8 Å². The predicted molar refractivity (Wildman–Crippen MR) is 127 cm³/mol. The lowest BCUT2D eigenvalue weighted by Crippen LogP contribution is -2.29. The van der Waals surface area contributed by atoms with Crippen molar-refractivity contribution in [3.8, 4) is 0 Å². The van der Waals surface area contributed by atoms with Gasteiger partial charge in [-0.25, -0.2) is 19.6 Å². The van der Waals surface area contributed by atoms with Gasteiger partial charge in [-0.3, -0.25) is 4.98 Å². The van der Waals surface area contributed by atoms with Crippen molar-refractivity contribution >= 4 is 40.8 Å². The van der Waals surface area contributed by atoms with Crippen LogP contribution in [-0.4, -0.2) is 33.6 Å². The number of nitrogens with one attached hydrogen (secondary N) is 2. The molecule has 1 heterocycles. The second kappa shape index (κ2) is 10.7. The molecule has 2 aromatic carbocycles. The third-order valence-corrected chi connectivity index (χ3v) is 6.98. The van der Waals surface area contributed by atoms with Crippen LogP contribution in [0.3, 0.4) is 0 Å². The maximum Gasteiger partial charge on any atom is 0.418 e. The van der Waals surface area contributed by atoms with Crippen LogP contribution in [0.25, 0.3) is 0 Å². The zero-order valence-electron chi connectivity index (χ0n) is 17.5. The van der Waals surface area contributed by atoms with E-state index in [-0.39, 0.29) is 5.69 Å². The number of ether oxygens (including phenoxy) is 1. The van der Waals surface area contributed by atoms with Crippen LogP contribution in [0.1, 0.15) is 25.7 Å². The van der Waals surface area contributed by atoms with Crippen LogP contribution in [-0.2, 0) is 4.74 Å². The molecule has 1 fully saturated rings. The number of carbonyl (C=O) groups is 1. The number of halogens is 1. The standard InChI is InChI=1S/C23H25ClN4O3S/c24-18-10-12-20(13-11-18)28(19-4-2-1-3-5-19)23(30)31-14-16-6-8-17(9-7-16)15-32-22-25-21(29)26-27-22/h1-5,10-13,16-17H,6-9,14-15H2,(H2,25,26,27,29)/t16-,17-. The number of carbonyl (C=O) groups excluding carboxylic acids is 1. The molecule has 0 radical (unpaired) electrons. The van der Waals surface area contributed by atoms with Crippen LogP contribution >= 0.6 is 23.4 Å². The zero-order valence-corrected chi connectivity index (χ0v) is 19.1. The lowest BCUT2D eigenvalue weighted by atomic mass is 9.83. The Morgan fingerprint density at radius 1 is 1.03 bits per heavy atom. The first-order chi connectivity index (χ1) is 15.6. The molecule has 168 valence electrons. The largest absolute Gasteiger partial charge is 0.449 e. The topological polar surface area (TPSA) is 91.1 Å². The molecule has 3 aromatic rings. The summed E-state index contributed by atoms with van der Waals surface area (Å²) in [6, 6.07) is 16.6. The van der Waals surface area contributed by atoms with E-state index >= 15 is 0 Å². The van der Waals surface area contributed by atoms with Crippen molar-refractivity contribution in [2.45, 2.75) is 30.8 Å². The summed E-state index contributed by atoms with van der Waals surface area (Å²) in [5.41, 5.74) is 1.18. The highest BCUT2D eigenvalue weighted by molar-refractivity contribution is 7.99. The molecule has 1 aliphatic rings. The van der Waals surface area contributed by atoms with Gasteiger partial charge in [0.05, 0.1) is 18.0 Å². The minimum Gasteiger partial charge on any atom is -0.449 e. The lowest BCUT2D eigenvalue weighted by Gasteiger charge is -2.29. The summed E-state index contributed by atoms with van der Waals surface area (Å²) in [5.74, 6) is 1.85. The van der Waals surface area contributed by atoms with Gasteiger partial charge >= 0.3 is 11.8 Å². The normalized spacial score (nSPS) is 18.3. The molecule has 0 saturated heterocycles. The van der Waals surface area contributed by atoms with E-state index in [0.717, 1.165) is 37.1 Å². The smallest absolute Gasteiger partial charge is 0.418 e. The first kappa shape index (κ1) is 22.5. The van der Waals surface area contributed by atoms with Crippen molar-refractivity contribution in [2.24, 2.45) is 11.8 Å². The Morgan fingerprint density at radius 2 is 1.69 bits per heavy atom. The second-order valence-electron chi connectivity index (χ2n) is 7.90. The molecule has 0 aliphatic heterocycles. The van der Waals surface area contributed by atoms with E-state index in [1.54, 1.807) is 28.8 Å². The fourth-order valence-corrected chi connectivity index (χ4v) is 4.99. The molecule has 1 saturated carbocycles. The molecule has 0 spiro atoms.